The highest BCUT2D eigenvalue weighted by Crippen LogP contribution is 2.28. The summed E-state index contributed by atoms with van der Waals surface area (Å²) in [6, 6.07) is 3.70. The Labute approximate surface area is 62.4 Å². The Morgan fingerprint density at radius 1 is 1.36 bits per heavy atom. The third-order valence-corrected chi connectivity index (χ3v) is 1.13. The lowest BCUT2D eigenvalue weighted by molar-refractivity contribution is 0.461. The first-order valence-electron chi connectivity index (χ1n) is 2.84. The summed E-state index contributed by atoms with van der Waals surface area (Å²) in [5.74, 6) is -0.219. The van der Waals surface area contributed by atoms with Gasteiger partial charge in [0.1, 0.15) is 17.2 Å². The van der Waals surface area contributed by atoms with E-state index in [1.54, 1.807) is 0 Å². The number of phenols is 2. The molecule has 0 aliphatic heterocycles. The zero-order valence-corrected chi connectivity index (χ0v) is 5.48. The molecule has 0 radical (unpaired) electrons. The molecule has 4 nitrogen and oxygen atoms in total. The van der Waals surface area contributed by atoms with E-state index in [0.717, 1.165) is 0 Å². The lowest BCUT2D eigenvalue weighted by atomic mass is 10.3. The van der Waals surface area contributed by atoms with Crippen LogP contribution in [0.3, 0.4) is 0 Å². The topological polar surface area (TPSA) is 69.9 Å². The van der Waals surface area contributed by atoms with Crippen molar-refractivity contribution >= 4 is 11.8 Å². The number of benzene rings is 1. The van der Waals surface area contributed by atoms with Gasteiger partial charge >= 0.3 is 0 Å². The van der Waals surface area contributed by atoms with E-state index in [1.807, 2.05) is 0 Å². The molecule has 11 heavy (non-hydrogen) atoms. The summed E-state index contributed by atoms with van der Waals surface area (Å²) in [6.07, 6.45) is 1.26. The van der Waals surface area contributed by atoms with Crippen molar-refractivity contribution < 1.29 is 15.0 Å². The number of hydrogen-bond donors (Lipinski definition) is 2. The van der Waals surface area contributed by atoms with Crippen LogP contribution in [0.15, 0.2) is 23.2 Å². The van der Waals surface area contributed by atoms with Gasteiger partial charge in [-0.25, -0.2) is 4.79 Å². The predicted molar refractivity (Wildman–Crippen MR) is 37.6 cm³/mol. The number of carbonyl (C=O) groups excluding carboxylic acids is 1. The van der Waals surface area contributed by atoms with Crippen LogP contribution in [0.25, 0.3) is 0 Å². The molecule has 0 amide bonds. The predicted octanol–water partition coefficient (Wildman–Crippen LogP) is 1.07. The van der Waals surface area contributed by atoms with Gasteiger partial charge in [0.2, 0.25) is 6.08 Å². The van der Waals surface area contributed by atoms with Crippen LogP contribution >= 0.6 is 0 Å². The Hall–Kier alpha value is -1.80. The maximum atomic E-state index is 9.75. The van der Waals surface area contributed by atoms with E-state index in [4.69, 9.17) is 10.2 Å². The van der Waals surface area contributed by atoms with Crippen molar-refractivity contribution in [1.29, 1.82) is 0 Å². The molecule has 0 aromatic heterocycles. The minimum absolute atomic E-state index is 0.0139. The summed E-state index contributed by atoms with van der Waals surface area (Å²) in [4.78, 5) is 12.9. The average Bonchev–Trinajstić information content (AvgIpc) is 1.98. The molecule has 1 aromatic rings. The fraction of sp³-hybridized carbons (Fsp3) is 0. The zero-order valence-electron chi connectivity index (χ0n) is 5.48. The molecule has 0 spiro atoms. The molecule has 2 N–H and O–H groups in total. The van der Waals surface area contributed by atoms with Crippen LogP contribution in [0.4, 0.5) is 5.69 Å². The first-order valence-corrected chi connectivity index (χ1v) is 2.84. The van der Waals surface area contributed by atoms with Gasteiger partial charge in [0.25, 0.3) is 0 Å². The van der Waals surface area contributed by atoms with Crippen LogP contribution in [0.2, 0.25) is 0 Å². The van der Waals surface area contributed by atoms with E-state index in [1.165, 1.54) is 24.3 Å². The smallest absolute Gasteiger partial charge is 0.240 e. The van der Waals surface area contributed by atoms with Gasteiger partial charge in [-0.15, -0.1) is 0 Å². The summed E-state index contributed by atoms with van der Waals surface area (Å²) in [7, 11) is 0. The minimum atomic E-state index is -0.161. The maximum absolute atomic E-state index is 9.75. The summed E-state index contributed by atoms with van der Waals surface area (Å²) >= 11 is 0. The molecule has 0 aliphatic carbocycles. The second-order valence-electron chi connectivity index (χ2n) is 1.88. The number of aromatic hydroxyl groups is 2. The molecule has 1 rings (SSSR count). The van der Waals surface area contributed by atoms with E-state index in [-0.39, 0.29) is 17.2 Å². The Morgan fingerprint density at radius 2 is 2.09 bits per heavy atom. The highest BCUT2D eigenvalue weighted by molar-refractivity contribution is 5.59. The Morgan fingerprint density at radius 3 is 2.73 bits per heavy atom. The van der Waals surface area contributed by atoms with Crippen LogP contribution in [-0.4, -0.2) is 16.3 Å². The minimum Gasteiger partial charge on any atom is -0.508 e. The van der Waals surface area contributed by atoms with Crippen LogP contribution in [0, 0.1) is 0 Å². The second kappa shape index (κ2) is 2.86. The van der Waals surface area contributed by atoms with Gasteiger partial charge in [0, 0.05) is 6.07 Å². The van der Waals surface area contributed by atoms with Crippen LogP contribution in [0.1, 0.15) is 0 Å². The highest BCUT2D eigenvalue weighted by atomic mass is 16.3. The summed E-state index contributed by atoms with van der Waals surface area (Å²) < 4.78 is 0. The van der Waals surface area contributed by atoms with Crippen molar-refractivity contribution in [1.82, 2.24) is 0 Å². The largest absolute Gasteiger partial charge is 0.508 e. The number of aliphatic imine (C=N–C) groups is 1. The monoisotopic (exact) mass is 151 g/mol. The van der Waals surface area contributed by atoms with Gasteiger partial charge in [-0.3, -0.25) is 0 Å². The van der Waals surface area contributed by atoms with E-state index in [0.29, 0.717) is 0 Å². The zero-order chi connectivity index (χ0) is 8.27. The molecule has 0 atom stereocenters. The molecule has 1 aromatic carbocycles. The van der Waals surface area contributed by atoms with Crippen LogP contribution in [-0.2, 0) is 4.79 Å². The molecule has 0 saturated carbocycles. The van der Waals surface area contributed by atoms with Gasteiger partial charge in [-0.1, -0.05) is 0 Å². The van der Waals surface area contributed by atoms with E-state index >= 15 is 0 Å². The number of nitrogens with zero attached hydrogens (tertiary/aromatic N) is 1. The molecule has 0 heterocycles. The standard InChI is InChI=1S/C7H5NO3/c9-4-8-6-3-5(10)1-2-7(6)11/h1-3,10-11H. The fourth-order valence-corrected chi connectivity index (χ4v) is 0.651. The van der Waals surface area contributed by atoms with Gasteiger partial charge < -0.3 is 10.2 Å². The van der Waals surface area contributed by atoms with Gasteiger partial charge in [0.15, 0.2) is 0 Å². The van der Waals surface area contributed by atoms with Crippen molar-refractivity contribution in [2.75, 3.05) is 0 Å². The van der Waals surface area contributed by atoms with E-state index in [9.17, 15) is 4.79 Å². The molecule has 0 saturated heterocycles. The Balaban J connectivity index is 3.22. The highest BCUT2D eigenvalue weighted by Gasteiger charge is 1.98. The second-order valence-corrected chi connectivity index (χ2v) is 1.88. The van der Waals surface area contributed by atoms with Crippen molar-refractivity contribution in [3.63, 3.8) is 0 Å². The lowest BCUT2D eigenvalue weighted by Crippen LogP contribution is -1.68. The van der Waals surface area contributed by atoms with E-state index in [2.05, 4.69) is 4.99 Å². The molecule has 56 valence electrons. The first kappa shape index (κ1) is 7.31. The first-order chi connectivity index (χ1) is 5.24. The van der Waals surface area contributed by atoms with Crippen molar-refractivity contribution in [3.8, 4) is 11.5 Å². The van der Waals surface area contributed by atoms with E-state index < -0.39 is 0 Å². The van der Waals surface area contributed by atoms with Gasteiger partial charge in [-0.2, -0.15) is 4.99 Å². The Bertz CT molecular complexity index is 315. The average molecular weight is 151 g/mol. The summed E-state index contributed by atoms with van der Waals surface area (Å²) in [5, 5.41) is 17.8. The number of isocyanates is 1. The molecule has 0 aliphatic rings. The number of rotatable bonds is 1. The SMILES string of the molecule is O=C=Nc1cc(O)ccc1O. The molecule has 0 fully saturated rings. The molecular weight excluding hydrogens is 146 g/mol. The normalized spacial score (nSPS) is 8.73. The fourth-order valence-electron chi connectivity index (χ4n) is 0.651. The van der Waals surface area contributed by atoms with Crippen molar-refractivity contribution in [2.24, 2.45) is 4.99 Å². The number of hydrogen-bond acceptors (Lipinski definition) is 4. The Kier molecular flexibility index (Phi) is 1.90. The summed E-state index contributed by atoms with van der Waals surface area (Å²) in [6.45, 7) is 0. The molecule has 0 bridgehead atoms. The third-order valence-electron chi connectivity index (χ3n) is 1.13. The molecule has 0 unspecified atom stereocenters. The lowest BCUT2D eigenvalue weighted by Gasteiger charge is -1.95. The van der Waals surface area contributed by atoms with Gasteiger partial charge in [-0.05, 0) is 12.1 Å². The molecule has 4 heteroatoms. The van der Waals surface area contributed by atoms with Crippen molar-refractivity contribution in [3.05, 3.63) is 18.2 Å². The van der Waals surface area contributed by atoms with Gasteiger partial charge in [0.05, 0.1) is 0 Å². The molecular formula is C7H5NO3. The number of phenolic OH excluding ortho intramolecular Hbond substituents is 2. The van der Waals surface area contributed by atoms with Crippen LogP contribution in [0.5, 0.6) is 11.5 Å². The summed E-state index contributed by atoms with van der Waals surface area (Å²) in [5.41, 5.74) is 0.0139. The third kappa shape index (κ3) is 1.56. The maximum Gasteiger partial charge on any atom is 0.240 e. The quantitative estimate of drug-likeness (QED) is 0.358. The van der Waals surface area contributed by atoms with Crippen LogP contribution < -0.4 is 0 Å². The van der Waals surface area contributed by atoms with Crippen molar-refractivity contribution in [2.45, 2.75) is 0 Å².